The molecule has 1 aliphatic heterocycles. The van der Waals surface area contributed by atoms with E-state index in [1.807, 2.05) is 73.7 Å². The number of phenols is 1. The van der Waals surface area contributed by atoms with Gasteiger partial charge in [-0.05, 0) is 59.4 Å². The number of hydrogen-bond donors (Lipinski definition) is 1. The van der Waals surface area contributed by atoms with Gasteiger partial charge in [0.15, 0.2) is 0 Å². The second-order valence-electron chi connectivity index (χ2n) is 10.4. The molecule has 1 fully saturated rings. The maximum absolute atomic E-state index is 10.8. The minimum atomic E-state index is -0.267. The van der Waals surface area contributed by atoms with Gasteiger partial charge in [-0.3, -0.25) is 0 Å². The molecule has 0 radical (unpaired) electrons. The molecule has 0 aromatic heterocycles. The standard InChI is InChI=1S/C35H37ClO5/c1-2-39-30-15-13-25(14-16-30)17-29-18-28(19-33(37)35(29)36)34-21-31(40-23-27-11-7-4-8-12-27)20-32(41-34)24-38-22-26-9-5-3-6-10-26/h3-16,18-19,31-32,34,37H,2,17,20-24H2,1H3. The number of aromatic hydroxyl groups is 1. The Bertz CT molecular complexity index is 1360. The second kappa shape index (κ2) is 14.5. The van der Waals surface area contributed by atoms with Crippen molar-refractivity contribution in [2.24, 2.45) is 0 Å². The van der Waals surface area contributed by atoms with Crippen molar-refractivity contribution in [3.8, 4) is 11.5 Å². The summed E-state index contributed by atoms with van der Waals surface area (Å²) in [7, 11) is 0. The van der Waals surface area contributed by atoms with Crippen molar-refractivity contribution in [2.45, 2.75) is 57.7 Å². The molecule has 3 atom stereocenters. The van der Waals surface area contributed by atoms with Gasteiger partial charge in [-0.15, -0.1) is 0 Å². The normalized spacial score (nSPS) is 18.7. The molecule has 0 aliphatic carbocycles. The van der Waals surface area contributed by atoms with E-state index in [9.17, 15) is 5.11 Å². The van der Waals surface area contributed by atoms with E-state index in [4.69, 9.17) is 30.5 Å². The van der Waals surface area contributed by atoms with Crippen LogP contribution in [0.25, 0.3) is 0 Å². The zero-order chi connectivity index (χ0) is 28.4. The first-order valence-corrected chi connectivity index (χ1v) is 14.6. The van der Waals surface area contributed by atoms with Gasteiger partial charge in [-0.25, -0.2) is 0 Å². The molecule has 214 valence electrons. The third-order valence-electron chi connectivity index (χ3n) is 7.26. The molecule has 4 aromatic carbocycles. The number of ether oxygens (including phenoxy) is 4. The minimum Gasteiger partial charge on any atom is -0.506 e. The van der Waals surface area contributed by atoms with Crippen molar-refractivity contribution in [2.75, 3.05) is 13.2 Å². The highest BCUT2D eigenvalue weighted by molar-refractivity contribution is 6.32. The van der Waals surface area contributed by atoms with Crippen molar-refractivity contribution in [3.05, 3.63) is 130 Å². The number of phenolic OH excluding ortho intramolecular Hbond substituents is 1. The molecule has 41 heavy (non-hydrogen) atoms. The fourth-order valence-corrected chi connectivity index (χ4v) is 5.37. The van der Waals surface area contributed by atoms with Crippen LogP contribution in [-0.2, 0) is 33.8 Å². The van der Waals surface area contributed by atoms with Gasteiger partial charge in [0.25, 0.3) is 0 Å². The summed E-state index contributed by atoms with van der Waals surface area (Å²) in [6.07, 6.45) is 1.55. The third kappa shape index (κ3) is 8.34. The maximum Gasteiger partial charge on any atom is 0.134 e. The van der Waals surface area contributed by atoms with Gasteiger partial charge in [0.2, 0.25) is 0 Å². The Morgan fingerprint density at radius 2 is 1.51 bits per heavy atom. The van der Waals surface area contributed by atoms with Crippen LogP contribution in [0.1, 0.15) is 53.7 Å². The lowest BCUT2D eigenvalue weighted by molar-refractivity contribution is -0.142. The molecule has 1 aliphatic rings. The highest BCUT2D eigenvalue weighted by atomic mass is 35.5. The molecule has 1 heterocycles. The summed E-state index contributed by atoms with van der Waals surface area (Å²) < 4.78 is 24.6. The van der Waals surface area contributed by atoms with Crippen molar-refractivity contribution < 1.29 is 24.1 Å². The summed E-state index contributed by atoms with van der Waals surface area (Å²) >= 11 is 6.58. The summed E-state index contributed by atoms with van der Waals surface area (Å²) in [5.41, 5.74) is 5.06. The van der Waals surface area contributed by atoms with Crippen LogP contribution < -0.4 is 4.74 Å². The molecule has 0 amide bonds. The Kier molecular flexibility index (Phi) is 10.3. The highest BCUT2D eigenvalue weighted by Crippen LogP contribution is 2.39. The lowest BCUT2D eigenvalue weighted by Crippen LogP contribution is -2.35. The SMILES string of the molecule is CCOc1ccc(Cc2cc(C3CC(OCc4ccccc4)CC(COCc4ccccc4)O3)cc(O)c2Cl)cc1. The Morgan fingerprint density at radius 1 is 0.829 bits per heavy atom. The Labute approximate surface area is 247 Å². The van der Waals surface area contributed by atoms with Crippen LogP contribution in [0.2, 0.25) is 5.02 Å². The molecular weight excluding hydrogens is 536 g/mol. The third-order valence-corrected chi connectivity index (χ3v) is 7.69. The predicted molar refractivity (Wildman–Crippen MR) is 161 cm³/mol. The number of rotatable bonds is 12. The molecule has 5 rings (SSSR count). The van der Waals surface area contributed by atoms with E-state index in [1.54, 1.807) is 6.07 Å². The summed E-state index contributed by atoms with van der Waals surface area (Å²) in [5.74, 6) is 0.884. The van der Waals surface area contributed by atoms with E-state index in [0.29, 0.717) is 44.3 Å². The van der Waals surface area contributed by atoms with Crippen LogP contribution in [0, 0.1) is 0 Å². The van der Waals surface area contributed by atoms with E-state index in [1.165, 1.54) is 0 Å². The molecule has 1 N–H and O–H groups in total. The van der Waals surface area contributed by atoms with Crippen LogP contribution in [0.3, 0.4) is 0 Å². The first-order chi connectivity index (χ1) is 20.1. The summed E-state index contributed by atoms with van der Waals surface area (Å²) in [5, 5.41) is 11.2. The fraction of sp³-hybridized carbons (Fsp3) is 0.314. The summed E-state index contributed by atoms with van der Waals surface area (Å²) in [6, 6.07) is 32.0. The summed E-state index contributed by atoms with van der Waals surface area (Å²) in [4.78, 5) is 0. The zero-order valence-electron chi connectivity index (χ0n) is 23.4. The van der Waals surface area contributed by atoms with Crippen LogP contribution >= 0.6 is 11.6 Å². The molecule has 6 heteroatoms. The molecular formula is C35H37ClO5. The van der Waals surface area contributed by atoms with Gasteiger partial charge in [-0.1, -0.05) is 90.5 Å². The molecule has 3 unspecified atom stereocenters. The van der Waals surface area contributed by atoms with Crippen LogP contribution in [0.5, 0.6) is 11.5 Å². The molecule has 5 nitrogen and oxygen atoms in total. The number of hydrogen-bond acceptors (Lipinski definition) is 5. The van der Waals surface area contributed by atoms with E-state index >= 15 is 0 Å². The quantitative estimate of drug-likeness (QED) is 0.186. The first-order valence-electron chi connectivity index (χ1n) is 14.2. The van der Waals surface area contributed by atoms with Gasteiger partial charge in [-0.2, -0.15) is 0 Å². The van der Waals surface area contributed by atoms with Crippen molar-refractivity contribution >= 4 is 11.6 Å². The van der Waals surface area contributed by atoms with Crippen molar-refractivity contribution in [3.63, 3.8) is 0 Å². The lowest BCUT2D eigenvalue weighted by atomic mass is 9.93. The molecule has 0 bridgehead atoms. The van der Waals surface area contributed by atoms with E-state index < -0.39 is 0 Å². The molecule has 0 spiro atoms. The highest BCUT2D eigenvalue weighted by Gasteiger charge is 2.32. The number of benzene rings is 4. The van der Waals surface area contributed by atoms with Crippen LogP contribution in [0.15, 0.2) is 97.1 Å². The second-order valence-corrected chi connectivity index (χ2v) is 10.8. The van der Waals surface area contributed by atoms with Crippen LogP contribution in [0.4, 0.5) is 0 Å². The number of halogens is 1. The molecule has 0 saturated carbocycles. The first kappa shape index (κ1) is 29.2. The molecule has 1 saturated heterocycles. The topological polar surface area (TPSA) is 57.2 Å². The van der Waals surface area contributed by atoms with E-state index in [0.717, 1.165) is 40.0 Å². The van der Waals surface area contributed by atoms with Crippen LogP contribution in [-0.4, -0.2) is 30.5 Å². The van der Waals surface area contributed by atoms with E-state index in [2.05, 4.69) is 24.3 Å². The Balaban J connectivity index is 1.31. The predicted octanol–water partition coefficient (Wildman–Crippen LogP) is 8.06. The average Bonchev–Trinajstić information content (AvgIpc) is 3.00. The minimum absolute atomic E-state index is 0.0216. The van der Waals surface area contributed by atoms with Gasteiger partial charge in [0, 0.05) is 12.8 Å². The maximum atomic E-state index is 10.8. The Hall–Kier alpha value is -3.35. The van der Waals surface area contributed by atoms with Gasteiger partial charge in [0.05, 0.1) is 49.8 Å². The summed E-state index contributed by atoms with van der Waals surface area (Å²) in [6.45, 7) is 4.10. The van der Waals surface area contributed by atoms with Gasteiger partial charge in [0.1, 0.15) is 11.5 Å². The van der Waals surface area contributed by atoms with E-state index in [-0.39, 0.29) is 24.1 Å². The molecule has 4 aromatic rings. The van der Waals surface area contributed by atoms with Gasteiger partial charge < -0.3 is 24.1 Å². The smallest absolute Gasteiger partial charge is 0.134 e. The van der Waals surface area contributed by atoms with Gasteiger partial charge >= 0.3 is 0 Å². The zero-order valence-corrected chi connectivity index (χ0v) is 24.1. The average molecular weight is 573 g/mol. The Morgan fingerprint density at radius 3 is 2.20 bits per heavy atom. The lowest BCUT2D eigenvalue weighted by Gasteiger charge is -2.36. The fourth-order valence-electron chi connectivity index (χ4n) is 5.20. The van der Waals surface area contributed by atoms with Crippen molar-refractivity contribution in [1.82, 2.24) is 0 Å². The van der Waals surface area contributed by atoms with Crippen molar-refractivity contribution in [1.29, 1.82) is 0 Å². The largest absolute Gasteiger partial charge is 0.506 e. The monoisotopic (exact) mass is 572 g/mol.